The first-order valence-electron chi connectivity index (χ1n) is 5.67. The SMILES string of the molecule is CCCCOc1cc(CO)ccc1C(=O)OC. The molecule has 1 aromatic rings. The van der Waals surface area contributed by atoms with Crippen LogP contribution >= 0.6 is 0 Å². The monoisotopic (exact) mass is 238 g/mol. The molecular weight excluding hydrogens is 220 g/mol. The number of aliphatic hydroxyl groups excluding tert-OH is 1. The number of carbonyl (C=O) groups excluding carboxylic acids is 1. The van der Waals surface area contributed by atoms with Crippen molar-refractivity contribution >= 4 is 5.97 Å². The minimum absolute atomic E-state index is 0.0778. The van der Waals surface area contributed by atoms with Crippen LogP contribution in [0.2, 0.25) is 0 Å². The number of aliphatic hydroxyl groups is 1. The largest absolute Gasteiger partial charge is 0.493 e. The summed E-state index contributed by atoms with van der Waals surface area (Å²) in [5.74, 6) is 0.0397. The van der Waals surface area contributed by atoms with E-state index in [0.717, 1.165) is 12.8 Å². The highest BCUT2D eigenvalue weighted by molar-refractivity contribution is 5.92. The Bertz CT molecular complexity index is 374. The number of methoxy groups -OCH3 is 1. The van der Waals surface area contributed by atoms with Gasteiger partial charge in [0.15, 0.2) is 0 Å². The number of unbranched alkanes of at least 4 members (excludes halogenated alkanes) is 1. The Balaban J connectivity index is 2.90. The summed E-state index contributed by atoms with van der Waals surface area (Å²) in [4.78, 5) is 11.5. The molecule has 0 aliphatic carbocycles. The molecule has 0 aliphatic heterocycles. The van der Waals surface area contributed by atoms with Crippen molar-refractivity contribution in [1.82, 2.24) is 0 Å². The van der Waals surface area contributed by atoms with E-state index in [0.29, 0.717) is 23.5 Å². The van der Waals surface area contributed by atoms with E-state index in [1.807, 2.05) is 0 Å². The molecule has 0 radical (unpaired) electrons. The van der Waals surface area contributed by atoms with Gasteiger partial charge in [0.1, 0.15) is 11.3 Å². The molecule has 4 heteroatoms. The summed E-state index contributed by atoms with van der Waals surface area (Å²) in [7, 11) is 1.33. The van der Waals surface area contributed by atoms with Gasteiger partial charge in [-0.25, -0.2) is 4.79 Å². The predicted molar refractivity (Wildman–Crippen MR) is 64.1 cm³/mol. The second-order valence-corrected chi connectivity index (χ2v) is 3.68. The highest BCUT2D eigenvalue weighted by Crippen LogP contribution is 2.22. The van der Waals surface area contributed by atoms with Gasteiger partial charge in [0.05, 0.1) is 20.3 Å². The zero-order valence-electron chi connectivity index (χ0n) is 10.2. The fourth-order valence-corrected chi connectivity index (χ4v) is 1.39. The van der Waals surface area contributed by atoms with Crippen molar-refractivity contribution < 1.29 is 19.4 Å². The van der Waals surface area contributed by atoms with Crippen LogP contribution in [0.3, 0.4) is 0 Å². The Kier molecular flexibility index (Phi) is 5.49. The number of ether oxygens (including phenoxy) is 2. The predicted octanol–water partition coefficient (Wildman–Crippen LogP) is 2.14. The van der Waals surface area contributed by atoms with Gasteiger partial charge in [0.2, 0.25) is 0 Å². The Labute approximate surface area is 101 Å². The lowest BCUT2D eigenvalue weighted by atomic mass is 10.1. The van der Waals surface area contributed by atoms with Crippen molar-refractivity contribution in [2.45, 2.75) is 26.4 Å². The van der Waals surface area contributed by atoms with E-state index in [-0.39, 0.29) is 6.61 Å². The summed E-state index contributed by atoms with van der Waals surface area (Å²) in [6.45, 7) is 2.54. The standard InChI is InChI=1S/C13H18O4/c1-3-4-7-17-12-8-10(9-14)5-6-11(12)13(15)16-2/h5-6,8,14H,3-4,7,9H2,1-2H3. The maximum atomic E-state index is 11.5. The van der Waals surface area contributed by atoms with Crippen LogP contribution in [-0.2, 0) is 11.3 Å². The summed E-state index contributed by atoms with van der Waals surface area (Å²) in [6, 6.07) is 4.96. The molecule has 0 aromatic heterocycles. The molecule has 0 atom stereocenters. The molecule has 0 spiro atoms. The van der Waals surface area contributed by atoms with Crippen LogP contribution in [0.15, 0.2) is 18.2 Å². The third-order valence-electron chi connectivity index (χ3n) is 2.39. The summed E-state index contributed by atoms with van der Waals surface area (Å²) in [6.07, 6.45) is 1.94. The van der Waals surface area contributed by atoms with Crippen molar-refractivity contribution in [3.63, 3.8) is 0 Å². The van der Waals surface area contributed by atoms with Gasteiger partial charge in [-0.3, -0.25) is 0 Å². The molecule has 0 unspecified atom stereocenters. The van der Waals surface area contributed by atoms with Crippen molar-refractivity contribution in [3.05, 3.63) is 29.3 Å². The van der Waals surface area contributed by atoms with Crippen molar-refractivity contribution in [2.24, 2.45) is 0 Å². The average Bonchev–Trinajstić information content (AvgIpc) is 2.38. The molecule has 0 amide bonds. The zero-order chi connectivity index (χ0) is 12.7. The Morgan fingerprint density at radius 3 is 2.76 bits per heavy atom. The third-order valence-corrected chi connectivity index (χ3v) is 2.39. The maximum absolute atomic E-state index is 11.5. The zero-order valence-corrected chi connectivity index (χ0v) is 10.2. The fourth-order valence-electron chi connectivity index (χ4n) is 1.39. The van der Waals surface area contributed by atoms with Crippen molar-refractivity contribution in [3.8, 4) is 5.75 Å². The van der Waals surface area contributed by atoms with Gasteiger partial charge in [-0.05, 0) is 24.1 Å². The molecule has 0 saturated carbocycles. The first-order valence-corrected chi connectivity index (χ1v) is 5.67. The van der Waals surface area contributed by atoms with Crippen LogP contribution in [0.5, 0.6) is 5.75 Å². The van der Waals surface area contributed by atoms with Gasteiger partial charge in [0, 0.05) is 0 Å². The van der Waals surface area contributed by atoms with Crippen LogP contribution in [0.4, 0.5) is 0 Å². The smallest absolute Gasteiger partial charge is 0.341 e. The molecule has 94 valence electrons. The number of hydrogen-bond acceptors (Lipinski definition) is 4. The quantitative estimate of drug-likeness (QED) is 0.609. The Morgan fingerprint density at radius 1 is 1.41 bits per heavy atom. The molecule has 0 fully saturated rings. The van der Waals surface area contributed by atoms with Gasteiger partial charge < -0.3 is 14.6 Å². The van der Waals surface area contributed by atoms with E-state index in [4.69, 9.17) is 9.84 Å². The van der Waals surface area contributed by atoms with E-state index >= 15 is 0 Å². The van der Waals surface area contributed by atoms with Crippen LogP contribution in [0, 0.1) is 0 Å². The molecule has 0 aliphatic rings. The summed E-state index contributed by atoms with van der Waals surface area (Å²) < 4.78 is 10.2. The van der Waals surface area contributed by atoms with Gasteiger partial charge >= 0.3 is 5.97 Å². The number of carbonyl (C=O) groups is 1. The lowest BCUT2D eigenvalue weighted by molar-refractivity contribution is 0.0596. The molecule has 0 saturated heterocycles. The van der Waals surface area contributed by atoms with E-state index in [9.17, 15) is 4.79 Å². The summed E-state index contributed by atoms with van der Waals surface area (Å²) >= 11 is 0. The molecule has 0 heterocycles. The lowest BCUT2D eigenvalue weighted by Crippen LogP contribution is -2.07. The van der Waals surface area contributed by atoms with Gasteiger partial charge in [-0.1, -0.05) is 19.4 Å². The maximum Gasteiger partial charge on any atom is 0.341 e. The van der Waals surface area contributed by atoms with Crippen LogP contribution < -0.4 is 4.74 Å². The number of hydrogen-bond donors (Lipinski definition) is 1. The molecule has 1 aromatic carbocycles. The highest BCUT2D eigenvalue weighted by Gasteiger charge is 2.13. The molecule has 0 bridgehead atoms. The van der Waals surface area contributed by atoms with Crippen molar-refractivity contribution in [2.75, 3.05) is 13.7 Å². The van der Waals surface area contributed by atoms with E-state index < -0.39 is 5.97 Å². The number of esters is 1. The normalized spacial score (nSPS) is 10.1. The van der Waals surface area contributed by atoms with Crippen LogP contribution in [-0.4, -0.2) is 24.8 Å². The molecule has 4 nitrogen and oxygen atoms in total. The van der Waals surface area contributed by atoms with E-state index in [1.165, 1.54) is 7.11 Å². The Hall–Kier alpha value is -1.55. The molecule has 17 heavy (non-hydrogen) atoms. The third kappa shape index (κ3) is 3.75. The molecular formula is C13H18O4. The minimum atomic E-state index is -0.430. The van der Waals surface area contributed by atoms with E-state index in [2.05, 4.69) is 11.7 Å². The number of rotatable bonds is 6. The minimum Gasteiger partial charge on any atom is -0.493 e. The molecule has 1 N–H and O–H groups in total. The van der Waals surface area contributed by atoms with Gasteiger partial charge in [-0.2, -0.15) is 0 Å². The first kappa shape index (κ1) is 13.5. The second kappa shape index (κ2) is 6.91. The van der Waals surface area contributed by atoms with Crippen LogP contribution in [0.25, 0.3) is 0 Å². The highest BCUT2D eigenvalue weighted by atomic mass is 16.5. The Morgan fingerprint density at radius 2 is 2.18 bits per heavy atom. The van der Waals surface area contributed by atoms with Gasteiger partial charge in [0.25, 0.3) is 0 Å². The van der Waals surface area contributed by atoms with Crippen molar-refractivity contribution in [1.29, 1.82) is 0 Å². The number of benzene rings is 1. The summed E-state index contributed by atoms with van der Waals surface area (Å²) in [5.41, 5.74) is 1.10. The fraction of sp³-hybridized carbons (Fsp3) is 0.462. The van der Waals surface area contributed by atoms with E-state index in [1.54, 1.807) is 18.2 Å². The topological polar surface area (TPSA) is 55.8 Å². The van der Waals surface area contributed by atoms with Crippen LogP contribution in [0.1, 0.15) is 35.7 Å². The summed E-state index contributed by atoms with van der Waals surface area (Å²) in [5, 5.41) is 9.05. The molecule has 1 rings (SSSR count). The second-order valence-electron chi connectivity index (χ2n) is 3.68. The first-order chi connectivity index (χ1) is 8.22. The lowest BCUT2D eigenvalue weighted by Gasteiger charge is -2.11. The van der Waals surface area contributed by atoms with Gasteiger partial charge in [-0.15, -0.1) is 0 Å². The average molecular weight is 238 g/mol.